The number of para-hydroxylation sites is 1. The predicted octanol–water partition coefficient (Wildman–Crippen LogP) is 2.30. The van der Waals surface area contributed by atoms with Gasteiger partial charge in [0.25, 0.3) is 0 Å². The van der Waals surface area contributed by atoms with Gasteiger partial charge in [-0.05, 0) is 18.6 Å². The van der Waals surface area contributed by atoms with Gasteiger partial charge in [-0.15, -0.1) is 0 Å². The smallest absolute Gasteiger partial charge is 0.0748 e. The number of benzene rings is 1. The molecule has 0 bridgehead atoms. The summed E-state index contributed by atoms with van der Waals surface area (Å²) in [4.78, 5) is 2.40. The summed E-state index contributed by atoms with van der Waals surface area (Å²) >= 11 is 0. The summed E-state index contributed by atoms with van der Waals surface area (Å²) in [6.45, 7) is 5.08. The normalized spacial score (nSPS) is 22.4. The summed E-state index contributed by atoms with van der Waals surface area (Å²) in [5.74, 6) is 0. The first kappa shape index (κ1) is 9.53. The zero-order chi connectivity index (χ0) is 9.80. The van der Waals surface area contributed by atoms with Crippen LogP contribution in [-0.2, 0) is 4.74 Å². The number of morpholine rings is 1. The first-order valence-electron chi connectivity index (χ1n) is 5.31. The van der Waals surface area contributed by atoms with Crippen molar-refractivity contribution in [1.29, 1.82) is 0 Å². The molecule has 1 saturated heterocycles. The van der Waals surface area contributed by atoms with Crippen molar-refractivity contribution in [2.24, 2.45) is 0 Å². The van der Waals surface area contributed by atoms with E-state index in [0.717, 1.165) is 26.1 Å². The van der Waals surface area contributed by atoms with E-state index < -0.39 is 0 Å². The van der Waals surface area contributed by atoms with E-state index in [1.807, 2.05) is 0 Å². The molecule has 76 valence electrons. The topological polar surface area (TPSA) is 12.5 Å². The van der Waals surface area contributed by atoms with Gasteiger partial charge in [0.15, 0.2) is 0 Å². The van der Waals surface area contributed by atoms with E-state index in [1.165, 1.54) is 5.69 Å². The molecule has 1 fully saturated rings. The second-order valence-electron chi connectivity index (χ2n) is 3.68. The van der Waals surface area contributed by atoms with Crippen LogP contribution in [0.3, 0.4) is 0 Å². The zero-order valence-electron chi connectivity index (χ0n) is 8.65. The zero-order valence-corrected chi connectivity index (χ0v) is 8.65. The Bertz CT molecular complexity index is 273. The highest BCUT2D eigenvalue weighted by molar-refractivity contribution is 5.46. The van der Waals surface area contributed by atoms with Gasteiger partial charge in [0.2, 0.25) is 0 Å². The third-order valence-corrected chi connectivity index (χ3v) is 2.72. The summed E-state index contributed by atoms with van der Waals surface area (Å²) in [5.41, 5.74) is 1.31. The molecular weight excluding hydrogens is 174 g/mol. The fraction of sp³-hybridized carbons (Fsp3) is 0.500. The Labute approximate surface area is 85.5 Å². The van der Waals surface area contributed by atoms with Crippen molar-refractivity contribution in [3.63, 3.8) is 0 Å². The molecule has 1 heterocycles. The van der Waals surface area contributed by atoms with Gasteiger partial charge in [-0.2, -0.15) is 0 Å². The molecule has 0 spiro atoms. The average Bonchev–Trinajstić information content (AvgIpc) is 2.30. The third-order valence-electron chi connectivity index (χ3n) is 2.72. The molecule has 0 amide bonds. The van der Waals surface area contributed by atoms with E-state index in [-0.39, 0.29) is 0 Å². The van der Waals surface area contributed by atoms with Crippen LogP contribution in [0, 0.1) is 0 Å². The highest BCUT2D eigenvalue weighted by Crippen LogP contribution is 2.17. The van der Waals surface area contributed by atoms with Crippen LogP contribution in [0.5, 0.6) is 0 Å². The minimum atomic E-state index is 0.406. The fourth-order valence-electron chi connectivity index (χ4n) is 1.84. The van der Waals surface area contributed by atoms with E-state index in [0.29, 0.717) is 6.10 Å². The number of hydrogen-bond donors (Lipinski definition) is 0. The Morgan fingerprint density at radius 1 is 1.36 bits per heavy atom. The van der Waals surface area contributed by atoms with Crippen LogP contribution < -0.4 is 4.90 Å². The maximum Gasteiger partial charge on any atom is 0.0748 e. The first-order valence-corrected chi connectivity index (χ1v) is 5.31. The van der Waals surface area contributed by atoms with Gasteiger partial charge in [0.1, 0.15) is 0 Å². The Morgan fingerprint density at radius 3 is 2.86 bits per heavy atom. The summed E-state index contributed by atoms with van der Waals surface area (Å²) < 4.78 is 5.64. The molecule has 1 atom stereocenters. The van der Waals surface area contributed by atoms with E-state index in [9.17, 15) is 0 Å². The van der Waals surface area contributed by atoms with Crippen LogP contribution >= 0.6 is 0 Å². The maximum atomic E-state index is 5.64. The molecule has 1 aromatic rings. The Kier molecular flexibility index (Phi) is 3.04. The quantitative estimate of drug-likeness (QED) is 0.711. The fourth-order valence-corrected chi connectivity index (χ4v) is 1.84. The molecule has 0 saturated carbocycles. The van der Waals surface area contributed by atoms with Gasteiger partial charge in [-0.25, -0.2) is 0 Å². The molecule has 0 aromatic heterocycles. The first-order chi connectivity index (χ1) is 6.90. The number of ether oxygens (including phenoxy) is 1. The molecule has 14 heavy (non-hydrogen) atoms. The number of rotatable bonds is 2. The molecule has 1 aliphatic heterocycles. The van der Waals surface area contributed by atoms with Crippen molar-refractivity contribution in [3.05, 3.63) is 30.3 Å². The van der Waals surface area contributed by atoms with Gasteiger partial charge in [-0.1, -0.05) is 25.1 Å². The predicted molar refractivity (Wildman–Crippen MR) is 58.7 cm³/mol. The Balaban J connectivity index is 2.04. The second-order valence-corrected chi connectivity index (χ2v) is 3.68. The van der Waals surface area contributed by atoms with E-state index >= 15 is 0 Å². The third kappa shape index (κ3) is 2.07. The second kappa shape index (κ2) is 4.47. The van der Waals surface area contributed by atoms with Crippen molar-refractivity contribution in [2.45, 2.75) is 19.4 Å². The number of hydrogen-bond acceptors (Lipinski definition) is 2. The Hall–Kier alpha value is -1.02. The molecule has 1 unspecified atom stereocenters. The van der Waals surface area contributed by atoms with Gasteiger partial charge in [0.05, 0.1) is 12.7 Å². The van der Waals surface area contributed by atoms with Crippen LogP contribution in [0.1, 0.15) is 13.3 Å². The van der Waals surface area contributed by atoms with Gasteiger partial charge >= 0.3 is 0 Å². The Morgan fingerprint density at radius 2 is 2.14 bits per heavy atom. The molecule has 1 aromatic carbocycles. The largest absolute Gasteiger partial charge is 0.375 e. The summed E-state index contributed by atoms with van der Waals surface area (Å²) in [5, 5.41) is 0. The van der Waals surface area contributed by atoms with E-state index in [4.69, 9.17) is 4.74 Å². The SMILES string of the molecule is CCC1CN(c2ccccc2)CCO1. The monoisotopic (exact) mass is 191 g/mol. The molecule has 0 N–H and O–H groups in total. The highest BCUT2D eigenvalue weighted by atomic mass is 16.5. The van der Waals surface area contributed by atoms with Crippen molar-refractivity contribution in [2.75, 3.05) is 24.6 Å². The minimum absolute atomic E-state index is 0.406. The summed E-state index contributed by atoms with van der Waals surface area (Å²) in [7, 11) is 0. The van der Waals surface area contributed by atoms with Gasteiger partial charge in [0, 0.05) is 18.8 Å². The van der Waals surface area contributed by atoms with Crippen LogP contribution in [0.15, 0.2) is 30.3 Å². The van der Waals surface area contributed by atoms with Gasteiger partial charge in [-0.3, -0.25) is 0 Å². The van der Waals surface area contributed by atoms with Crippen molar-refractivity contribution < 1.29 is 4.74 Å². The van der Waals surface area contributed by atoms with Crippen molar-refractivity contribution in [3.8, 4) is 0 Å². The van der Waals surface area contributed by atoms with E-state index in [2.05, 4.69) is 42.2 Å². The summed E-state index contributed by atoms with van der Waals surface area (Å²) in [6.07, 6.45) is 1.51. The highest BCUT2D eigenvalue weighted by Gasteiger charge is 2.18. The molecule has 2 rings (SSSR count). The molecule has 2 heteroatoms. The lowest BCUT2D eigenvalue weighted by atomic mass is 10.2. The van der Waals surface area contributed by atoms with Crippen LogP contribution in [-0.4, -0.2) is 25.8 Å². The van der Waals surface area contributed by atoms with Gasteiger partial charge < -0.3 is 9.64 Å². The molecule has 2 nitrogen and oxygen atoms in total. The minimum Gasteiger partial charge on any atom is -0.375 e. The average molecular weight is 191 g/mol. The standard InChI is InChI=1S/C12H17NO/c1-2-12-10-13(8-9-14-12)11-6-4-3-5-7-11/h3-7,12H,2,8-10H2,1H3. The molecule has 1 aliphatic rings. The number of anilines is 1. The van der Waals surface area contributed by atoms with Crippen LogP contribution in [0.25, 0.3) is 0 Å². The molecule has 0 aliphatic carbocycles. The van der Waals surface area contributed by atoms with Crippen molar-refractivity contribution in [1.82, 2.24) is 0 Å². The lowest BCUT2D eigenvalue weighted by Gasteiger charge is -2.34. The van der Waals surface area contributed by atoms with Crippen LogP contribution in [0.2, 0.25) is 0 Å². The van der Waals surface area contributed by atoms with Crippen LogP contribution in [0.4, 0.5) is 5.69 Å². The summed E-state index contributed by atoms with van der Waals surface area (Å²) in [6, 6.07) is 10.6. The van der Waals surface area contributed by atoms with E-state index in [1.54, 1.807) is 0 Å². The molecule has 0 radical (unpaired) electrons. The van der Waals surface area contributed by atoms with Crippen molar-refractivity contribution >= 4 is 5.69 Å². The lowest BCUT2D eigenvalue weighted by Crippen LogP contribution is -2.42. The lowest BCUT2D eigenvalue weighted by molar-refractivity contribution is 0.0384. The number of nitrogens with zero attached hydrogens (tertiary/aromatic N) is 1. The molecular formula is C12H17NO. The maximum absolute atomic E-state index is 5.64.